The maximum atomic E-state index is 13.5. The molecule has 9 heteroatoms. The Morgan fingerprint density at radius 1 is 1.12 bits per heavy atom. The van der Waals surface area contributed by atoms with Gasteiger partial charge in [-0.05, 0) is 56.4 Å². The van der Waals surface area contributed by atoms with E-state index in [4.69, 9.17) is 4.74 Å². The van der Waals surface area contributed by atoms with E-state index in [9.17, 15) is 24.6 Å². The zero-order valence-corrected chi connectivity index (χ0v) is 26.3. The number of amides is 1. The molecule has 2 aliphatic rings. The van der Waals surface area contributed by atoms with E-state index in [-0.39, 0.29) is 36.1 Å². The van der Waals surface area contributed by atoms with Gasteiger partial charge in [0.05, 0.1) is 46.8 Å². The van der Waals surface area contributed by atoms with E-state index in [1.807, 2.05) is 55.3 Å². The smallest absolute Gasteiger partial charge is 0.309 e. The predicted molar refractivity (Wildman–Crippen MR) is 163 cm³/mol. The fourth-order valence-electron chi connectivity index (χ4n) is 6.13. The monoisotopic (exact) mass is 596 g/mol. The molecule has 8 nitrogen and oxygen atoms in total. The Bertz CT molecular complexity index is 1300. The van der Waals surface area contributed by atoms with Crippen LogP contribution in [0.25, 0.3) is 6.08 Å². The number of rotatable bonds is 3. The van der Waals surface area contributed by atoms with Gasteiger partial charge in [0.15, 0.2) is 0 Å². The minimum atomic E-state index is -1.29. The van der Waals surface area contributed by atoms with Crippen molar-refractivity contribution in [3.05, 3.63) is 57.6 Å². The third kappa shape index (κ3) is 7.18. The quantitative estimate of drug-likeness (QED) is 0.369. The summed E-state index contributed by atoms with van der Waals surface area (Å²) in [6.45, 7) is 10.6. The SMILES string of the molecule is C/C(=C\c1csc(C)n1)C1CC2C(CCCC(C)C(O)C(C)C(=O)C(C)(C)C(O)CC(=O)O1)N2C(=O)c1ccccc1. The minimum absolute atomic E-state index is 0.0333. The Kier molecular flexibility index (Phi) is 10.1. The van der Waals surface area contributed by atoms with Gasteiger partial charge in [-0.3, -0.25) is 14.4 Å². The van der Waals surface area contributed by atoms with Crippen LogP contribution in [0.3, 0.4) is 0 Å². The van der Waals surface area contributed by atoms with E-state index < -0.39 is 35.6 Å². The lowest BCUT2D eigenvalue weighted by Gasteiger charge is -2.34. The Labute approximate surface area is 252 Å². The number of aliphatic hydroxyl groups excluding tert-OH is 2. The van der Waals surface area contributed by atoms with Crippen molar-refractivity contribution < 1.29 is 29.3 Å². The Balaban J connectivity index is 1.65. The van der Waals surface area contributed by atoms with Crippen molar-refractivity contribution in [2.75, 3.05) is 0 Å². The molecule has 2 saturated heterocycles. The van der Waals surface area contributed by atoms with Gasteiger partial charge in [0.25, 0.3) is 5.91 Å². The summed E-state index contributed by atoms with van der Waals surface area (Å²) in [6.07, 6.45) is 1.33. The van der Waals surface area contributed by atoms with Crippen molar-refractivity contribution in [3.8, 4) is 0 Å². The lowest BCUT2D eigenvalue weighted by Crippen LogP contribution is -2.45. The van der Waals surface area contributed by atoms with Crippen LogP contribution in [0.2, 0.25) is 0 Å². The van der Waals surface area contributed by atoms with Crippen LogP contribution in [0.1, 0.15) is 87.8 Å². The number of thiazole rings is 1. The Morgan fingerprint density at radius 3 is 2.45 bits per heavy atom. The molecule has 1 aromatic heterocycles. The van der Waals surface area contributed by atoms with Crippen LogP contribution in [-0.4, -0.2) is 68.2 Å². The zero-order chi connectivity index (χ0) is 30.8. The fraction of sp³-hybridized carbons (Fsp3) is 0.576. The van der Waals surface area contributed by atoms with Gasteiger partial charge in [0.1, 0.15) is 11.9 Å². The molecule has 7 unspecified atom stereocenters. The summed E-state index contributed by atoms with van der Waals surface area (Å²) in [5.74, 6) is -1.83. The van der Waals surface area contributed by atoms with Crippen LogP contribution in [0.4, 0.5) is 0 Å². The molecule has 0 saturated carbocycles. The number of aryl methyl sites for hydroxylation is 1. The van der Waals surface area contributed by atoms with E-state index in [0.29, 0.717) is 18.4 Å². The van der Waals surface area contributed by atoms with Crippen LogP contribution in [0.5, 0.6) is 0 Å². The molecule has 2 aromatic rings. The molecule has 0 aliphatic carbocycles. The second-order valence-electron chi connectivity index (χ2n) is 12.6. The lowest BCUT2D eigenvalue weighted by molar-refractivity contribution is -0.154. The summed E-state index contributed by atoms with van der Waals surface area (Å²) in [5.41, 5.74) is 0.921. The number of cyclic esters (lactones) is 1. The molecule has 2 fully saturated rings. The van der Waals surface area contributed by atoms with Crippen molar-refractivity contribution >= 4 is 35.1 Å². The standard InChI is InChI=1S/C33H44N2O6S/c1-19-11-10-14-25-26(35(25)32(40)23-12-8-7-9-13-23)16-27(20(2)15-24-18-42-22(4)34-24)41-29(37)17-28(36)33(5,6)31(39)21(3)30(19)38/h7-9,12-13,15,18-19,21,25-28,30,36,38H,10-11,14,16-17H2,1-6H3/b20-15+. The number of benzene rings is 1. The molecule has 2 aliphatic heterocycles. The van der Waals surface area contributed by atoms with Gasteiger partial charge in [-0.2, -0.15) is 0 Å². The first-order chi connectivity index (χ1) is 19.8. The molecule has 228 valence electrons. The average Bonchev–Trinajstić information content (AvgIpc) is 3.47. The second-order valence-corrected chi connectivity index (χ2v) is 13.7. The highest BCUT2D eigenvalue weighted by Crippen LogP contribution is 2.40. The first-order valence-corrected chi connectivity index (χ1v) is 15.8. The number of aromatic nitrogens is 1. The molecular formula is C33H44N2O6S. The summed E-state index contributed by atoms with van der Waals surface area (Å²) in [5, 5.41) is 24.9. The van der Waals surface area contributed by atoms with Gasteiger partial charge in [0, 0.05) is 23.3 Å². The molecule has 2 N–H and O–H groups in total. The molecule has 1 amide bonds. The lowest BCUT2D eigenvalue weighted by atomic mass is 9.73. The highest BCUT2D eigenvalue weighted by Gasteiger charge is 2.52. The van der Waals surface area contributed by atoms with Crippen molar-refractivity contribution in [2.24, 2.45) is 17.3 Å². The number of nitrogens with zero attached hydrogens (tertiary/aromatic N) is 2. The molecule has 1 aromatic carbocycles. The van der Waals surface area contributed by atoms with Crippen molar-refractivity contribution in [3.63, 3.8) is 0 Å². The van der Waals surface area contributed by atoms with Crippen molar-refractivity contribution in [1.82, 2.24) is 9.88 Å². The van der Waals surface area contributed by atoms with Crippen LogP contribution in [0, 0.1) is 24.2 Å². The van der Waals surface area contributed by atoms with E-state index in [2.05, 4.69) is 4.98 Å². The fourth-order valence-corrected chi connectivity index (χ4v) is 6.70. The van der Waals surface area contributed by atoms with Gasteiger partial charge in [-0.15, -0.1) is 11.3 Å². The summed E-state index contributed by atoms with van der Waals surface area (Å²) < 4.78 is 6.00. The van der Waals surface area contributed by atoms with Gasteiger partial charge in [-0.1, -0.05) is 52.3 Å². The highest BCUT2D eigenvalue weighted by molar-refractivity contribution is 7.09. The number of ketones is 1. The van der Waals surface area contributed by atoms with E-state index in [1.54, 1.807) is 32.9 Å². The third-order valence-corrected chi connectivity index (χ3v) is 9.86. The number of ether oxygens (including phenoxy) is 1. The van der Waals surface area contributed by atoms with Crippen LogP contribution >= 0.6 is 11.3 Å². The number of esters is 1. The molecule has 7 atom stereocenters. The maximum absolute atomic E-state index is 13.5. The van der Waals surface area contributed by atoms with E-state index >= 15 is 0 Å². The Morgan fingerprint density at radius 2 is 1.81 bits per heavy atom. The largest absolute Gasteiger partial charge is 0.458 e. The normalized spacial score (nSPS) is 31.3. The number of carbonyl (C=O) groups excluding carboxylic acids is 3. The molecular weight excluding hydrogens is 552 g/mol. The maximum Gasteiger partial charge on any atom is 0.309 e. The number of hydrogen-bond donors (Lipinski definition) is 2. The number of carbonyl (C=O) groups is 3. The minimum Gasteiger partial charge on any atom is -0.458 e. The number of Topliss-reactive ketones (excluding diaryl/α,β-unsaturated/α-hetero) is 1. The molecule has 0 bridgehead atoms. The second kappa shape index (κ2) is 13.2. The Hall–Kier alpha value is -2.88. The van der Waals surface area contributed by atoms with Gasteiger partial charge < -0.3 is 19.8 Å². The number of fused-ring (bicyclic) bond motifs is 1. The molecule has 4 rings (SSSR count). The van der Waals surface area contributed by atoms with Gasteiger partial charge in [0.2, 0.25) is 0 Å². The van der Waals surface area contributed by atoms with Gasteiger partial charge in [-0.25, -0.2) is 4.98 Å². The van der Waals surface area contributed by atoms with Crippen LogP contribution < -0.4 is 0 Å². The molecule has 0 radical (unpaired) electrons. The summed E-state index contributed by atoms with van der Waals surface area (Å²) in [4.78, 5) is 46.6. The van der Waals surface area contributed by atoms with E-state index in [1.165, 1.54) is 11.3 Å². The van der Waals surface area contributed by atoms with Crippen LogP contribution in [-0.2, 0) is 14.3 Å². The third-order valence-electron chi connectivity index (χ3n) is 9.07. The van der Waals surface area contributed by atoms with E-state index in [0.717, 1.165) is 29.1 Å². The summed E-state index contributed by atoms with van der Waals surface area (Å²) >= 11 is 1.53. The average molecular weight is 597 g/mol. The molecule has 0 spiro atoms. The number of hydrogen-bond acceptors (Lipinski definition) is 8. The molecule has 3 heterocycles. The highest BCUT2D eigenvalue weighted by atomic mass is 32.1. The first-order valence-electron chi connectivity index (χ1n) is 14.9. The summed E-state index contributed by atoms with van der Waals surface area (Å²) in [7, 11) is 0. The van der Waals surface area contributed by atoms with Crippen molar-refractivity contribution in [2.45, 2.75) is 104 Å². The topological polar surface area (TPSA) is 117 Å². The zero-order valence-electron chi connectivity index (χ0n) is 25.4. The molecule has 42 heavy (non-hydrogen) atoms. The van der Waals surface area contributed by atoms with Gasteiger partial charge >= 0.3 is 5.97 Å². The van der Waals surface area contributed by atoms with Crippen molar-refractivity contribution in [1.29, 1.82) is 0 Å². The first kappa shape index (κ1) is 32.0. The predicted octanol–water partition coefficient (Wildman–Crippen LogP) is 5.21. The van der Waals surface area contributed by atoms with Crippen LogP contribution in [0.15, 0.2) is 41.3 Å². The summed E-state index contributed by atoms with van der Waals surface area (Å²) in [6, 6.07) is 9.00. The number of aliphatic hydroxyl groups is 2.